The summed E-state index contributed by atoms with van der Waals surface area (Å²) in [5, 5.41) is 11.1. The van der Waals surface area contributed by atoms with Crippen molar-refractivity contribution in [3.63, 3.8) is 0 Å². The Labute approximate surface area is 159 Å². The van der Waals surface area contributed by atoms with E-state index in [9.17, 15) is 10.1 Å². The predicted molar refractivity (Wildman–Crippen MR) is 104 cm³/mol. The summed E-state index contributed by atoms with van der Waals surface area (Å²) in [6.45, 7) is 8.69. The number of nitriles is 1. The van der Waals surface area contributed by atoms with Gasteiger partial charge in [0.25, 0.3) is 0 Å². The van der Waals surface area contributed by atoms with Crippen molar-refractivity contribution < 1.29 is 4.79 Å². The number of hydrogen-bond donors (Lipinski definition) is 0. The molecule has 0 atom stereocenters. The average Bonchev–Trinajstić information content (AvgIpc) is 2.84. The lowest BCUT2D eigenvalue weighted by atomic mass is 9.94. The average molecular weight is 371 g/mol. The number of nitrogens with zero attached hydrogens (tertiary/aromatic N) is 4. The molecule has 1 aromatic heterocycles. The van der Waals surface area contributed by atoms with Crippen molar-refractivity contribution in [2.24, 2.45) is 5.41 Å². The van der Waals surface area contributed by atoms with E-state index < -0.39 is 0 Å². The molecule has 0 N–H and O–H groups in total. The minimum absolute atomic E-state index is 0.169. The first-order valence-electron chi connectivity index (χ1n) is 8.84. The first kappa shape index (κ1) is 18.5. The highest BCUT2D eigenvalue weighted by Crippen LogP contribution is 2.32. The lowest BCUT2D eigenvalue weighted by Gasteiger charge is -2.29. The van der Waals surface area contributed by atoms with Gasteiger partial charge in [-0.2, -0.15) is 5.26 Å². The van der Waals surface area contributed by atoms with Gasteiger partial charge in [0.05, 0.1) is 16.8 Å². The van der Waals surface area contributed by atoms with Crippen LogP contribution in [0.3, 0.4) is 0 Å². The van der Waals surface area contributed by atoms with Crippen LogP contribution in [0.15, 0.2) is 24.4 Å². The van der Waals surface area contributed by atoms with Crippen molar-refractivity contribution in [2.45, 2.75) is 27.2 Å². The van der Waals surface area contributed by atoms with Crippen LogP contribution in [0.1, 0.15) is 32.8 Å². The number of hydrogen-bond acceptors (Lipinski definition) is 4. The van der Waals surface area contributed by atoms with E-state index in [0.717, 1.165) is 36.1 Å². The van der Waals surface area contributed by atoms with Gasteiger partial charge in [0.15, 0.2) is 0 Å². The molecule has 1 amide bonds. The molecule has 1 aromatic carbocycles. The van der Waals surface area contributed by atoms with Crippen LogP contribution in [0.5, 0.6) is 0 Å². The second kappa shape index (κ2) is 7.13. The second-order valence-electron chi connectivity index (χ2n) is 7.68. The Morgan fingerprint density at radius 3 is 2.69 bits per heavy atom. The van der Waals surface area contributed by atoms with E-state index in [0.29, 0.717) is 23.7 Å². The number of halogens is 1. The van der Waals surface area contributed by atoms with Gasteiger partial charge in [-0.3, -0.25) is 9.78 Å². The highest BCUT2D eigenvalue weighted by molar-refractivity contribution is 6.31. The smallest absolute Gasteiger partial charge is 0.228 e. The number of carbonyl (C=O) groups excluding carboxylic acids is 1. The van der Waals surface area contributed by atoms with Gasteiger partial charge in [-0.1, -0.05) is 32.4 Å². The first-order valence-corrected chi connectivity index (χ1v) is 9.22. The van der Waals surface area contributed by atoms with Crippen LogP contribution in [0.4, 0.5) is 5.69 Å². The normalized spacial score (nSPS) is 15.7. The monoisotopic (exact) mass is 370 g/mol. The molecule has 0 aliphatic carbocycles. The number of benzene rings is 1. The Balaban J connectivity index is 1.96. The van der Waals surface area contributed by atoms with Gasteiger partial charge < -0.3 is 9.80 Å². The van der Waals surface area contributed by atoms with Crippen molar-refractivity contribution >= 4 is 34.1 Å². The molecule has 0 unspecified atom stereocenters. The van der Waals surface area contributed by atoms with Gasteiger partial charge in [-0.15, -0.1) is 0 Å². The van der Waals surface area contributed by atoms with Gasteiger partial charge >= 0.3 is 0 Å². The van der Waals surface area contributed by atoms with Crippen LogP contribution in [-0.2, 0) is 4.79 Å². The molecule has 136 valence electrons. The van der Waals surface area contributed by atoms with Crippen LogP contribution in [-0.4, -0.2) is 42.0 Å². The zero-order valence-corrected chi connectivity index (χ0v) is 16.2. The molecule has 1 aliphatic heterocycles. The third-order valence-electron chi connectivity index (χ3n) is 4.66. The van der Waals surface area contributed by atoms with E-state index in [1.54, 1.807) is 12.3 Å². The van der Waals surface area contributed by atoms with E-state index in [-0.39, 0.29) is 11.3 Å². The zero-order chi connectivity index (χ0) is 18.9. The van der Waals surface area contributed by atoms with Gasteiger partial charge in [0.2, 0.25) is 5.91 Å². The molecule has 2 aromatic rings. The van der Waals surface area contributed by atoms with Crippen molar-refractivity contribution in [3.8, 4) is 6.07 Å². The second-order valence-corrected chi connectivity index (χ2v) is 8.11. The Morgan fingerprint density at radius 1 is 1.23 bits per heavy atom. The van der Waals surface area contributed by atoms with Crippen LogP contribution in [0.2, 0.25) is 5.02 Å². The molecular weight excluding hydrogens is 348 g/mol. The molecule has 26 heavy (non-hydrogen) atoms. The third kappa shape index (κ3) is 3.61. The lowest BCUT2D eigenvalue weighted by molar-refractivity contribution is -0.139. The fourth-order valence-corrected chi connectivity index (χ4v) is 3.56. The van der Waals surface area contributed by atoms with Crippen LogP contribution < -0.4 is 4.90 Å². The quantitative estimate of drug-likeness (QED) is 0.765. The molecule has 1 aliphatic rings. The lowest BCUT2D eigenvalue weighted by Crippen LogP contribution is -2.41. The molecule has 3 rings (SSSR count). The molecule has 6 heteroatoms. The highest BCUT2D eigenvalue weighted by Gasteiger charge is 2.29. The summed E-state index contributed by atoms with van der Waals surface area (Å²) in [5.74, 6) is 0.169. The number of amides is 1. The van der Waals surface area contributed by atoms with Crippen molar-refractivity contribution in [1.82, 2.24) is 9.88 Å². The Hall–Kier alpha value is -2.32. The van der Waals surface area contributed by atoms with Crippen LogP contribution in [0.25, 0.3) is 10.9 Å². The van der Waals surface area contributed by atoms with E-state index in [1.165, 1.54) is 0 Å². The summed E-state index contributed by atoms with van der Waals surface area (Å²) >= 11 is 6.19. The number of carbonyl (C=O) groups is 1. The van der Waals surface area contributed by atoms with E-state index in [4.69, 9.17) is 11.6 Å². The van der Waals surface area contributed by atoms with Crippen LogP contribution >= 0.6 is 11.6 Å². The highest BCUT2D eigenvalue weighted by atomic mass is 35.5. The minimum Gasteiger partial charge on any atom is -0.368 e. The van der Waals surface area contributed by atoms with Gasteiger partial charge in [-0.05, 0) is 24.6 Å². The number of aromatic nitrogens is 1. The molecular formula is C20H23ClN4O. The molecule has 0 saturated carbocycles. The maximum absolute atomic E-state index is 12.6. The fraction of sp³-hybridized carbons (Fsp3) is 0.450. The molecule has 5 nitrogen and oxygen atoms in total. The van der Waals surface area contributed by atoms with Crippen molar-refractivity contribution in [1.29, 1.82) is 5.26 Å². The number of fused-ring (bicyclic) bond motifs is 1. The summed E-state index contributed by atoms with van der Waals surface area (Å²) in [6.07, 6.45) is 2.48. The summed E-state index contributed by atoms with van der Waals surface area (Å²) in [4.78, 5) is 21.1. The van der Waals surface area contributed by atoms with Gasteiger partial charge in [-0.25, -0.2) is 0 Å². The first-order chi connectivity index (χ1) is 12.3. The number of rotatable bonds is 1. The molecule has 0 spiro atoms. The molecule has 1 fully saturated rings. The summed E-state index contributed by atoms with van der Waals surface area (Å²) in [6, 6.07) is 7.79. The largest absolute Gasteiger partial charge is 0.368 e. The van der Waals surface area contributed by atoms with Crippen LogP contribution in [0, 0.1) is 16.7 Å². The number of anilines is 1. The van der Waals surface area contributed by atoms with Gasteiger partial charge in [0.1, 0.15) is 6.07 Å². The summed E-state index contributed by atoms with van der Waals surface area (Å²) in [7, 11) is 0. The third-order valence-corrected chi connectivity index (χ3v) is 4.90. The van der Waals surface area contributed by atoms with Crippen molar-refractivity contribution in [3.05, 3.63) is 35.0 Å². The zero-order valence-electron chi connectivity index (χ0n) is 15.4. The molecule has 0 bridgehead atoms. The summed E-state index contributed by atoms with van der Waals surface area (Å²) < 4.78 is 0. The minimum atomic E-state index is -0.385. The molecule has 1 saturated heterocycles. The van der Waals surface area contributed by atoms with E-state index in [2.05, 4.69) is 16.0 Å². The summed E-state index contributed by atoms with van der Waals surface area (Å²) in [5.41, 5.74) is 1.83. The SMILES string of the molecule is CC(C)(C)C(=O)N1CCCN(c2c(C#N)cnc3ccc(Cl)cc23)CC1. The maximum Gasteiger partial charge on any atom is 0.228 e. The predicted octanol–water partition coefficient (Wildman–Crippen LogP) is 3.84. The van der Waals surface area contributed by atoms with E-state index in [1.807, 2.05) is 37.8 Å². The number of pyridine rings is 1. The maximum atomic E-state index is 12.6. The van der Waals surface area contributed by atoms with E-state index >= 15 is 0 Å². The standard InChI is InChI=1S/C20H23ClN4O/c1-20(2,3)19(26)25-8-4-7-24(9-10-25)18-14(12-22)13-23-17-6-5-15(21)11-16(17)18/h5-6,11,13H,4,7-10H2,1-3H3. The Morgan fingerprint density at radius 2 is 2.00 bits per heavy atom. The molecule has 2 heterocycles. The molecule has 0 radical (unpaired) electrons. The Kier molecular flexibility index (Phi) is 5.06. The van der Waals surface area contributed by atoms with Crippen molar-refractivity contribution in [2.75, 3.05) is 31.1 Å². The van der Waals surface area contributed by atoms with Gasteiger partial charge in [0, 0.05) is 48.2 Å². The fourth-order valence-electron chi connectivity index (χ4n) is 3.39. The Bertz CT molecular complexity index is 882. The topological polar surface area (TPSA) is 60.2 Å².